The SMILES string of the molecule is CC(C)(C)NC(=O)C1CCC2CCCCC2N1CC1CC(c2ccc(CO)cc2)OC(c2ccc(-c3cccc(CNC(=O)CCCCCC(=O)NO)c3)cc2)O1. The monoisotopic (exact) mass is 782 g/mol. The van der Waals surface area contributed by atoms with Gasteiger partial charge in [0.2, 0.25) is 17.7 Å². The van der Waals surface area contributed by atoms with E-state index in [0.717, 1.165) is 59.1 Å². The molecule has 0 radical (unpaired) electrons. The zero-order valence-electron chi connectivity index (χ0n) is 33.9. The highest BCUT2D eigenvalue weighted by molar-refractivity contribution is 5.82. The Hall–Kier alpha value is -4.13. The number of fused-ring (bicyclic) bond motifs is 1. The van der Waals surface area contributed by atoms with Crippen LogP contribution >= 0.6 is 0 Å². The number of hydrogen-bond donors (Lipinski definition) is 5. The van der Waals surface area contributed by atoms with Gasteiger partial charge in [-0.2, -0.15) is 0 Å². The number of amides is 3. The Morgan fingerprint density at radius 1 is 0.789 bits per heavy atom. The second-order valence-corrected chi connectivity index (χ2v) is 17.2. The summed E-state index contributed by atoms with van der Waals surface area (Å²) in [4.78, 5) is 39.9. The number of rotatable bonds is 15. The van der Waals surface area contributed by atoms with E-state index >= 15 is 0 Å². The van der Waals surface area contributed by atoms with E-state index in [1.165, 1.54) is 19.3 Å². The fourth-order valence-electron chi connectivity index (χ4n) is 8.78. The van der Waals surface area contributed by atoms with Crippen molar-refractivity contribution in [3.63, 3.8) is 0 Å². The van der Waals surface area contributed by atoms with E-state index in [9.17, 15) is 19.5 Å². The molecule has 0 spiro atoms. The third kappa shape index (κ3) is 12.0. The first-order chi connectivity index (χ1) is 27.5. The highest BCUT2D eigenvalue weighted by atomic mass is 16.7. The maximum atomic E-state index is 13.8. The second kappa shape index (κ2) is 20.0. The van der Waals surface area contributed by atoms with Gasteiger partial charge in [0, 0.05) is 49.5 Å². The number of aliphatic hydroxyl groups excluding tert-OH is 1. The Balaban J connectivity index is 1.15. The lowest BCUT2D eigenvalue weighted by Gasteiger charge is -2.50. The number of likely N-dealkylation sites (tertiary alicyclic amines) is 1. The largest absolute Gasteiger partial charge is 0.392 e. The summed E-state index contributed by atoms with van der Waals surface area (Å²) >= 11 is 0. The van der Waals surface area contributed by atoms with Crippen molar-refractivity contribution in [2.45, 2.75) is 147 Å². The number of piperidine rings is 1. The molecule has 0 aromatic heterocycles. The number of ether oxygens (including phenoxy) is 2. The van der Waals surface area contributed by atoms with Crippen molar-refractivity contribution in [2.75, 3.05) is 6.54 Å². The molecule has 0 bridgehead atoms. The third-order valence-electron chi connectivity index (χ3n) is 11.7. The van der Waals surface area contributed by atoms with Crippen LogP contribution in [0.5, 0.6) is 0 Å². The predicted molar refractivity (Wildman–Crippen MR) is 219 cm³/mol. The van der Waals surface area contributed by atoms with Crippen LogP contribution in [-0.4, -0.2) is 63.2 Å². The lowest BCUT2D eigenvalue weighted by molar-refractivity contribution is -0.255. The molecular weight excluding hydrogens is 721 g/mol. The van der Waals surface area contributed by atoms with Gasteiger partial charge < -0.3 is 25.2 Å². The van der Waals surface area contributed by atoms with Gasteiger partial charge in [0.25, 0.3) is 0 Å². The van der Waals surface area contributed by atoms with Crippen molar-refractivity contribution in [1.82, 2.24) is 21.0 Å². The van der Waals surface area contributed by atoms with Gasteiger partial charge in [-0.15, -0.1) is 0 Å². The fourth-order valence-corrected chi connectivity index (χ4v) is 8.78. The quantitative estimate of drug-likeness (QED) is 0.0609. The molecule has 308 valence electrons. The van der Waals surface area contributed by atoms with Crippen molar-refractivity contribution in [1.29, 1.82) is 0 Å². The van der Waals surface area contributed by atoms with E-state index in [4.69, 9.17) is 14.7 Å². The molecule has 11 nitrogen and oxygen atoms in total. The highest BCUT2D eigenvalue weighted by Gasteiger charge is 2.44. The molecular formula is C46H62N4O7. The van der Waals surface area contributed by atoms with Gasteiger partial charge >= 0.3 is 0 Å². The minimum atomic E-state index is -0.609. The van der Waals surface area contributed by atoms with Crippen molar-refractivity contribution in [3.05, 3.63) is 95.1 Å². The van der Waals surface area contributed by atoms with Gasteiger partial charge in [0.05, 0.1) is 24.9 Å². The van der Waals surface area contributed by atoms with E-state index < -0.39 is 12.2 Å². The van der Waals surface area contributed by atoms with Crippen molar-refractivity contribution in [2.24, 2.45) is 5.92 Å². The first kappa shape index (κ1) is 42.5. The minimum Gasteiger partial charge on any atom is -0.392 e. The number of nitrogens with one attached hydrogen (secondary N) is 3. The molecule has 2 saturated heterocycles. The van der Waals surface area contributed by atoms with Gasteiger partial charge in [0.1, 0.15) is 0 Å². The van der Waals surface area contributed by atoms with Gasteiger partial charge in [-0.05, 0) is 99.1 Å². The number of nitrogens with zero attached hydrogens (tertiary/aromatic N) is 1. The van der Waals surface area contributed by atoms with E-state index in [2.05, 4.69) is 51.9 Å². The number of hydroxylamine groups is 1. The van der Waals surface area contributed by atoms with Crippen LogP contribution in [0.25, 0.3) is 11.1 Å². The van der Waals surface area contributed by atoms with Crippen molar-refractivity contribution in [3.8, 4) is 11.1 Å². The molecule has 6 unspecified atom stereocenters. The summed E-state index contributed by atoms with van der Waals surface area (Å²) < 4.78 is 13.6. The van der Waals surface area contributed by atoms with Gasteiger partial charge in [-0.25, -0.2) is 5.48 Å². The number of carbonyl (C=O) groups is 3. The zero-order valence-corrected chi connectivity index (χ0v) is 33.9. The molecule has 1 saturated carbocycles. The Morgan fingerprint density at radius 3 is 2.23 bits per heavy atom. The second-order valence-electron chi connectivity index (χ2n) is 17.2. The molecule has 57 heavy (non-hydrogen) atoms. The molecule has 5 N–H and O–H groups in total. The molecule has 2 heterocycles. The zero-order chi connectivity index (χ0) is 40.4. The van der Waals surface area contributed by atoms with E-state index in [-0.39, 0.29) is 48.6 Å². The molecule has 6 rings (SSSR count). The minimum absolute atomic E-state index is 0.0178. The number of carbonyl (C=O) groups excluding carboxylic acids is 3. The average molecular weight is 783 g/mol. The maximum absolute atomic E-state index is 13.8. The van der Waals surface area contributed by atoms with Gasteiger partial charge in [-0.3, -0.25) is 24.5 Å². The molecule has 1 aliphatic carbocycles. The van der Waals surface area contributed by atoms with Crippen LogP contribution < -0.4 is 16.1 Å². The van der Waals surface area contributed by atoms with Crippen LogP contribution in [0.15, 0.2) is 72.8 Å². The number of hydrogen-bond acceptors (Lipinski definition) is 8. The number of benzene rings is 3. The van der Waals surface area contributed by atoms with E-state index in [1.54, 1.807) is 5.48 Å². The predicted octanol–water partition coefficient (Wildman–Crippen LogP) is 7.40. The molecule has 6 atom stereocenters. The summed E-state index contributed by atoms with van der Waals surface area (Å²) in [6.45, 7) is 7.18. The Kier molecular flexibility index (Phi) is 14.9. The highest BCUT2D eigenvalue weighted by Crippen LogP contribution is 2.42. The van der Waals surface area contributed by atoms with Crippen LogP contribution in [0, 0.1) is 5.92 Å². The van der Waals surface area contributed by atoms with Crippen LogP contribution in [0.4, 0.5) is 0 Å². The summed E-state index contributed by atoms with van der Waals surface area (Å²) in [5.41, 5.74) is 7.18. The summed E-state index contributed by atoms with van der Waals surface area (Å²) in [7, 11) is 0. The number of aliphatic hydroxyl groups is 1. The lowest BCUT2D eigenvalue weighted by Crippen LogP contribution is -2.61. The van der Waals surface area contributed by atoms with E-state index in [0.29, 0.717) is 50.7 Å². The van der Waals surface area contributed by atoms with Crippen LogP contribution in [0.2, 0.25) is 0 Å². The van der Waals surface area contributed by atoms with Crippen LogP contribution in [-0.2, 0) is 37.0 Å². The Morgan fingerprint density at radius 2 is 1.51 bits per heavy atom. The Labute approximate surface area is 337 Å². The topological polar surface area (TPSA) is 149 Å². The normalized spacial score (nSPS) is 23.9. The van der Waals surface area contributed by atoms with Crippen molar-refractivity contribution < 1.29 is 34.2 Å². The first-order valence-electron chi connectivity index (χ1n) is 21.0. The fraction of sp³-hybridized carbons (Fsp3) is 0.543. The standard InChI is InChI=1S/C46H62N4O7/c1-46(2,3)48-44(54)40-25-24-34-11-7-8-13-39(34)50(40)29-38-27-41(35-18-16-31(30-51)17-19-35)57-45(56-38)36-22-20-33(21-23-36)37-12-9-10-32(26-37)28-47-42(52)14-5-4-6-15-43(53)49-55/h9-10,12,16-23,26,34,38-41,45,51,55H,4-8,11,13-15,24-25,27-30H2,1-3H3,(H,47,52)(H,48,54)(H,49,53). The summed E-state index contributed by atoms with van der Waals surface area (Å²) in [5, 5.41) is 24.6. The molecule has 3 aromatic rings. The smallest absolute Gasteiger partial charge is 0.243 e. The van der Waals surface area contributed by atoms with Crippen LogP contribution in [0.3, 0.4) is 0 Å². The summed E-state index contributed by atoms with van der Waals surface area (Å²) in [5.74, 6) is 0.258. The number of unbranched alkanes of at least 4 members (excludes halogenated alkanes) is 2. The molecule has 3 amide bonds. The molecule has 3 aliphatic rings. The average Bonchev–Trinajstić information content (AvgIpc) is 3.22. The molecule has 2 aliphatic heterocycles. The first-order valence-corrected chi connectivity index (χ1v) is 21.0. The van der Waals surface area contributed by atoms with E-state index in [1.807, 2.05) is 57.2 Å². The van der Waals surface area contributed by atoms with Crippen molar-refractivity contribution >= 4 is 17.7 Å². The molecule has 11 heteroatoms. The maximum Gasteiger partial charge on any atom is 0.243 e. The third-order valence-corrected chi connectivity index (χ3v) is 11.7. The van der Waals surface area contributed by atoms with Crippen LogP contribution in [0.1, 0.15) is 132 Å². The van der Waals surface area contributed by atoms with Gasteiger partial charge in [0.15, 0.2) is 6.29 Å². The summed E-state index contributed by atoms with van der Waals surface area (Å²) in [6, 6.07) is 24.5. The molecule has 3 fully saturated rings. The summed E-state index contributed by atoms with van der Waals surface area (Å²) in [6.07, 6.45) is 9.00. The molecule has 3 aromatic carbocycles. The van der Waals surface area contributed by atoms with Gasteiger partial charge in [-0.1, -0.05) is 86.0 Å². The lowest BCUT2D eigenvalue weighted by atomic mass is 9.75. The Bertz CT molecular complexity index is 1780.